The first kappa shape index (κ1) is 20.0. The lowest BCUT2D eigenvalue weighted by atomic mass is 9.76. The SMILES string of the molecule is CN1CC2CCC1[C@@H](F)[C@@H]2Oc1nnc(-c2ccc(-c3ncn(C)c(=O)n3)cc2O)s1. The number of rotatable bonds is 4. The molecule has 4 atom stereocenters. The second-order valence-electron chi connectivity index (χ2n) is 8.05. The minimum absolute atomic E-state index is 0.0498. The molecule has 6 rings (SSSR count). The van der Waals surface area contributed by atoms with Crippen LogP contribution in [0.25, 0.3) is 22.0 Å². The van der Waals surface area contributed by atoms with Gasteiger partial charge in [0.2, 0.25) is 0 Å². The lowest BCUT2D eigenvalue weighted by Gasteiger charge is -2.49. The zero-order valence-electron chi connectivity index (χ0n) is 17.0. The third-order valence-corrected chi connectivity index (χ3v) is 6.90. The molecule has 1 saturated carbocycles. The fourth-order valence-corrected chi connectivity index (χ4v) is 5.15. The highest BCUT2D eigenvalue weighted by Gasteiger charge is 2.48. The summed E-state index contributed by atoms with van der Waals surface area (Å²) in [5.74, 6) is 0.298. The van der Waals surface area contributed by atoms with Crippen molar-refractivity contribution < 1.29 is 14.2 Å². The molecule has 2 unspecified atom stereocenters. The average molecular weight is 444 g/mol. The third kappa shape index (κ3) is 3.57. The van der Waals surface area contributed by atoms with Crippen LogP contribution in [0.15, 0.2) is 29.3 Å². The van der Waals surface area contributed by atoms with Crippen molar-refractivity contribution >= 4 is 11.3 Å². The number of ether oxygens (including phenoxy) is 1. The van der Waals surface area contributed by atoms with Crippen LogP contribution in [0.2, 0.25) is 0 Å². The monoisotopic (exact) mass is 444 g/mol. The van der Waals surface area contributed by atoms with Gasteiger partial charge in [0, 0.05) is 31.1 Å². The molecule has 9 nitrogen and oxygen atoms in total. The molecule has 3 fully saturated rings. The Kier molecular flexibility index (Phi) is 4.94. The lowest BCUT2D eigenvalue weighted by molar-refractivity contribution is -0.0877. The Morgan fingerprint density at radius 3 is 2.81 bits per heavy atom. The molecule has 2 saturated heterocycles. The van der Waals surface area contributed by atoms with Crippen molar-refractivity contribution in [2.24, 2.45) is 13.0 Å². The topological polar surface area (TPSA) is 106 Å². The number of halogens is 1. The van der Waals surface area contributed by atoms with E-state index in [1.165, 1.54) is 17.0 Å². The summed E-state index contributed by atoms with van der Waals surface area (Å²) in [6, 6.07) is 4.71. The van der Waals surface area contributed by atoms with Crippen LogP contribution < -0.4 is 10.4 Å². The van der Waals surface area contributed by atoms with E-state index in [4.69, 9.17) is 4.74 Å². The molecule has 0 spiro atoms. The van der Waals surface area contributed by atoms with Crippen LogP contribution in [0.3, 0.4) is 0 Å². The minimum atomic E-state index is -1.06. The van der Waals surface area contributed by atoms with Gasteiger partial charge in [-0.1, -0.05) is 22.5 Å². The number of phenolic OH excluding ortho intramolecular Hbond substituents is 1. The van der Waals surface area contributed by atoms with E-state index in [1.807, 2.05) is 7.05 Å². The summed E-state index contributed by atoms with van der Waals surface area (Å²) < 4.78 is 22.0. The van der Waals surface area contributed by atoms with E-state index in [1.54, 1.807) is 19.2 Å². The van der Waals surface area contributed by atoms with Crippen molar-refractivity contribution in [1.82, 2.24) is 29.6 Å². The fourth-order valence-electron chi connectivity index (χ4n) is 4.37. The summed E-state index contributed by atoms with van der Waals surface area (Å²) >= 11 is 1.16. The summed E-state index contributed by atoms with van der Waals surface area (Å²) in [6.45, 7) is 0.814. The number of aromatic hydroxyl groups is 1. The van der Waals surface area contributed by atoms with Gasteiger partial charge in [0.15, 0.2) is 17.0 Å². The first-order valence-corrected chi connectivity index (χ1v) is 10.8. The summed E-state index contributed by atoms with van der Waals surface area (Å²) in [7, 11) is 3.51. The molecule has 3 aromatic rings. The Morgan fingerprint density at radius 2 is 2.10 bits per heavy atom. The number of aryl methyl sites for hydroxylation is 1. The van der Waals surface area contributed by atoms with Gasteiger partial charge in [-0.3, -0.25) is 9.47 Å². The molecule has 0 radical (unpaired) electrons. The molecule has 1 aromatic carbocycles. The lowest BCUT2D eigenvalue weighted by Crippen LogP contribution is -2.61. The number of hydrogen-bond donors (Lipinski definition) is 1. The van der Waals surface area contributed by atoms with Crippen molar-refractivity contribution in [2.45, 2.75) is 31.2 Å². The highest BCUT2D eigenvalue weighted by Crippen LogP contribution is 2.41. The number of piperidine rings is 2. The Morgan fingerprint density at radius 1 is 1.26 bits per heavy atom. The van der Waals surface area contributed by atoms with E-state index in [2.05, 4.69) is 25.1 Å². The third-order valence-electron chi connectivity index (χ3n) is 6.05. The van der Waals surface area contributed by atoms with E-state index in [0.29, 0.717) is 16.1 Å². The first-order chi connectivity index (χ1) is 14.9. The number of nitrogens with zero attached hydrogens (tertiary/aromatic N) is 6. The van der Waals surface area contributed by atoms with Gasteiger partial charge in [-0.25, -0.2) is 14.2 Å². The van der Waals surface area contributed by atoms with Gasteiger partial charge in [-0.15, -0.1) is 5.10 Å². The maximum absolute atomic E-state index is 14.8. The number of benzene rings is 1. The second-order valence-corrected chi connectivity index (χ2v) is 8.99. The van der Waals surface area contributed by atoms with E-state index < -0.39 is 18.0 Å². The number of phenols is 1. The Balaban J connectivity index is 1.36. The second kappa shape index (κ2) is 7.65. The van der Waals surface area contributed by atoms with E-state index >= 15 is 0 Å². The van der Waals surface area contributed by atoms with Gasteiger partial charge in [0.05, 0.1) is 5.56 Å². The highest BCUT2D eigenvalue weighted by atomic mass is 32.1. The number of hydrogen-bond acceptors (Lipinski definition) is 9. The smallest absolute Gasteiger partial charge is 0.350 e. The quantitative estimate of drug-likeness (QED) is 0.650. The summed E-state index contributed by atoms with van der Waals surface area (Å²) in [5, 5.41) is 19.4. The van der Waals surface area contributed by atoms with Gasteiger partial charge in [0.1, 0.15) is 18.2 Å². The summed E-state index contributed by atoms with van der Waals surface area (Å²) in [6.07, 6.45) is 1.58. The average Bonchev–Trinajstić information content (AvgIpc) is 3.21. The standard InChI is InChI=1S/C20H21FN6O3S/c1-26-8-11-4-6-13(26)15(21)16(11)30-20-25-24-18(31-20)12-5-3-10(7-14(12)28)17-22-9-27(2)19(29)23-17/h3,5,7,9,11,13,15-16,28H,4,6,8H2,1-2H3/t11?,13?,15-,16-/m1/s1. The molecule has 2 bridgehead atoms. The molecule has 31 heavy (non-hydrogen) atoms. The fraction of sp³-hybridized carbons (Fsp3) is 0.450. The van der Waals surface area contributed by atoms with Gasteiger partial charge >= 0.3 is 5.69 Å². The highest BCUT2D eigenvalue weighted by molar-refractivity contribution is 7.16. The summed E-state index contributed by atoms with van der Waals surface area (Å²) in [4.78, 5) is 21.8. The molecule has 0 amide bonds. The van der Waals surface area contributed by atoms with Crippen LogP contribution in [0, 0.1) is 5.92 Å². The van der Waals surface area contributed by atoms with Gasteiger partial charge in [-0.2, -0.15) is 4.98 Å². The maximum atomic E-state index is 14.8. The number of alkyl halides is 1. The largest absolute Gasteiger partial charge is 0.507 e. The molecule has 2 aromatic heterocycles. The molecule has 4 heterocycles. The Labute approximate surface area is 181 Å². The van der Waals surface area contributed by atoms with Crippen molar-refractivity contribution in [3.8, 4) is 32.9 Å². The van der Waals surface area contributed by atoms with Crippen LogP contribution in [0.1, 0.15) is 12.8 Å². The van der Waals surface area contributed by atoms with Gasteiger partial charge in [-0.05, 0) is 32.0 Å². The van der Waals surface area contributed by atoms with Crippen molar-refractivity contribution in [1.29, 1.82) is 0 Å². The number of aromatic nitrogens is 5. The van der Waals surface area contributed by atoms with Gasteiger partial charge < -0.3 is 9.84 Å². The predicted octanol–water partition coefficient (Wildman–Crippen LogP) is 1.88. The number of fused-ring (bicyclic) bond motifs is 3. The van der Waals surface area contributed by atoms with Crippen LogP contribution in [0.5, 0.6) is 10.9 Å². The first-order valence-electron chi connectivity index (χ1n) is 9.98. The van der Waals surface area contributed by atoms with Crippen LogP contribution in [-0.4, -0.2) is 66.6 Å². The predicted molar refractivity (Wildman–Crippen MR) is 112 cm³/mol. The maximum Gasteiger partial charge on any atom is 0.350 e. The van der Waals surface area contributed by atoms with Crippen LogP contribution in [-0.2, 0) is 7.05 Å². The van der Waals surface area contributed by atoms with Crippen LogP contribution >= 0.6 is 11.3 Å². The van der Waals surface area contributed by atoms with Gasteiger partial charge in [0.25, 0.3) is 5.19 Å². The molecule has 2 aliphatic heterocycles. The van der Waals surface area contributed by atoms with Crippen LogP contribution in [0.4, 0.5) is 4.39 Å². The molecule has 11 heteroatoms. The molecule has 3 aliphatic rings. The summed E-state index contributed by atoms with van der Waals surface area (Å²) in [5.41, 5.74) is 0.525. The Hall–Kier alpha value is -2.92. The zero-order chi connectivity index (χ0) is 21.7. The van der Waals surface area contributed by atoms with Crippen molar-refractivity contribution in [3.63, 3.8) is 0 Å². The van der Waals surface area contributed by atoms with E-state index in [9.17, 15) is 14.3 Å². The molecular weight excluding hydrogens is 423 g/mol. The van der Waals surface area contributed by atoms with Crippen molar-refractivity contribution in [2.75, 3.05) is 13.6 Å². The molecule has 162 valence electrons. The van der Waals surface area contributed by atoms with E-state index in [0.717, 1.165) is 30.7 Å². The minimum Gasteiger partial charge on any atom is -0.507 e. The van der Waals surface area contributed by atoms with Crippen molar-refractivity contribution in [3.05, 3.63) is 35.0 Å². The molecule has 1 aliphatic carbocycles. The van der Waals surface area contributed by atoms with E-state index in [-0.39, 0.29) is 28.7 Å². The Bertz CT molecular complexity index is 1180. The molecular formula is C20H21FN6O3S. The zero-order valence-corrected chi connectivity index (χ0v) is 17.8. The molecule has 1 N–H and O–H groups in total. The normalized spacial score (nSPS) is 25.6.